The van der Waals surface area contributed by atoms with E-state index in [9.17, 15) is 4.79 Å². The summed E-state index contributed by atoms with van der Waals surface area (Å²) in [7, 11) is 3.69. The molecule has 2 aliphatic rings. The Morgan fingerprint density at radius 3 is 2.95 bits per heavy atom. The maximum atomic E-state index is 12.2. The first-order chi connectivity index (χ1) is 9.09. The van der Waals surface area contributed by atoms with Crippen LogP contribution in [0.4, 0.5) is 0 Å². The molecule has 0 aromatic carbocycles. The Morgan fingerprint density at radius 2 is 2.32 bits per heavy atom. The van der Waals surface area contributed by atoms with Gasteiger partial charge in [0.25, 0.3) is 0 Å². The topological polar surface area (TPSA) is 44.8 Å². The molecule has 0 spiro atoms. The fourth-order valence-corrected chi connectivity index (χ4v) is 3.20. The number of nitrogens with zero attached hydrogens (tertiary/aromatic N) is 2. The van der Waals surface area contributed by atoms with Crippen LogP contribution in [0.25, 0.3) is 0 Å². The van der Waals surface area contributed by atoms with E-state index in [1.54, 1.807) is 4.90 Å². The van der Waals surface area contributed by atoms with Gasteiger partial charge in [-0.25, -0.2) is 0 Å². The highest BCUT2D eigenvalue weighted by Gasteiger charge is 2.35. The molecule has 2 saturated heterocycles. The molecule has 0 aromatic heterocycles. The summed E-state index contributed by atoms with van der Waals surface area (Å²) >= 11 is 0. The van der Waals surface area contributed by atoms with Crippen molar-refractivity contribution in [3.05, 3.63) is 0 Å². The smallest absolute Gasteiger partial charge is 0.239 e. The van der Waals surface area contributed by atoms with E-state index >= 15 is 0 Å². The van der Waals surface area contributed by atoms with Crippen LogP contribution in [0.1, 0.15) is 26.2 Å². The molecule has 2 heterocycles. The summed E-state index contributed by atoms with van der Waals surface area (Å²) in [6, 6.07) is 0.935. The molecule has 2 fully saturated rings. The Bertz CT molecular complexity index is 303. The molecule has 5 nitrogen and oxygen atoms in total. The Hall–Kier alpha value is -0.650. The fraction of sp³-hybridized carbons (Fsp3) is 0.929. The summed E-state index contributed by atoms with van der Waals surface area (Å²) in [5.74, 6) is 0.247. The minimum Gasteiger partial charge on any atom is -0.379 e. The number of carbonyl (C=O) groups is 1. The summed E-state index contributed by atoms with van der Waals surface area (Å²) in [5, 5.41) is 3.49. The van der Waals surface area contributed by atoms with E-state index in [1.807, 2.05) is 14.1 Å². The number of likely N-dealkylation sites (tertiary alicyclic amines) is 1. The number of amides is 1. The third-order valence-corrected chi connectivity index (χ3v) is 4.21. The third kappa shape index (κ3) is 3.68. The summed E-state index contributed by atoms with van der Waals surface area (Å²) in [4.78, 5) is 16.3. The molecule has 0 radical (unpaired) electrons. The highest BCUT2D eigenvalue weighted by atomic mass is 16.5. The van der Waals surface area contributed by atoms with E-state index < -0.39 is 0 Å². The lowest BCUT2D eigenvalue weighted by molar-refractivity contribution is -0.134. The van der Waals surface area contributed by atoms with Gasteiger partial charge in [-0.15, -0.1) is 0 Å². The van der Waals surface area contributed by atoms with Crippen molar-refractivity contribution in [3.8, 4) is 0 Å². The number of rotatable bonds is 4. The zero-order valence-electron chi connectivity index (χ0n) is 12.4. The maximum absolute atomic E-state index is 12.2. The fourth-order valence-electron chi connectivity index (χ4n) is 3.20. The largest absolute Gasteiger partial charge is 0.379 e. The molecular weight excluding hydrogens is 242 g/mol. The molecule has 3 atom stereocenters. The van der Waals surface area contributed by atoms with Crippen LogP contribution in [0.5, 0.6) is 0 Å². The number of hydrogen-bond acceptors (Lipinski definition) is 4. The lowest BCUT2D eigenvalue weighted by Crippen LogP contribution is -2.50. The molecule has 0 aliphatic carbocycles. The predicted octanol–water partition coefficient (Wildman–Crippen LogP) is 0.306. The second-order valence-corrected chi connectivity index (χ2v) is 5.94. The molecule has 0 aromatic rings. The zero-order chi connectivity index (χ0) is 13.8. The molecule has 5 heteroatoms. The van der Waals surface area contributed by atoms with Gasteiger partial charge in [0.15, 0.2) is 0 Å². The van der Waals surface area contributed by atoms with Crippen LogP contribution >= 0.6 is 0 Å². The van der Waals surface area contributed by atoms with Crippen molar-refractivity contribution < 1.29 is 9.53 Å². The van der Waals surface area contributed by atoms with E-state index in [0.29, 0.717) is 12.1 Å². The van der Waals surface area contributed by atoms with Gasteiger partial charge in [0.1, 0.15) is 0 Å². The van der Waals surface area contributed by atoms with Crippen molar-refractivity contribution in [2.75, 3.05) is 40.4 Å². The van der Waals surface area contributed by atoms with Crippen molar-refractivity contribution in [1.82, 2.24) is 15.1 Å². The SMILES string of the molecule is CC(CC1COCCN1)N1CCCC1C(=O)N(C)C. The van der Waals surface area contributed by atoms with Crippen LogP contribution in [-0.2, 0) is 9.53 Å². The summed E-state index contributed by atoms with van der Waals surface area (Å²) in [6.07, 6.45) is 3.18. The first-order valence-corrected chi connectivity index (χ1v) is 7.37. The van der Waals surface area contributed by atoms with Crippen molar-refractivity contribution in [3.63, 3.8) is 0 Å². The molecule has 0 saturated carbocycles. The van der Waals surface area contributed by atoms with Crippen molar-refractivity contribution in [2.45, 2.75) is 44.3 Å². The van der Waals surface area contributed by atoms with E-state index in [1.165, 1.54) is 0 Å². The van der Waals surface area contributed by atoms with Crippen LogP contribution in [0.15, 0.2) is 0 Å². The van der Waals surface area contributed by atoms with Gasteiger partial charge in [0.2, 0.25) is 5.91 Å². The van der Waals surface area contributed by atoms with Gasteiger partial charge in [-0.1, -0.05) is 0 Å². The molecule has 110 valence electrons. The standard InChI is InChI=1S/C14H27N3O2/c1-11(9-12-10-19-8-6-15-12)17-7-4-5-13(17)14(18)16(2)3/h11-13,15H,4-10H2,1-3H3. The normalized spacial score (nSPS) is 30.3. The van der Waals surface area contributed by atoms with Crippen molar-refractivity contribution in [1.29, 1.82) is 0 Å². The number of morpholine rings is 1. The summed E-state index contributed by atoms with van der Waals surface area (Å²) in [5.41, 5.74) is 0. The second kappa shape index (κ2) is 6.68. The second-order valence-electron chi connectivity index (χ2n) is 5.94. The van der Waals surface area contributed by atoms with Gasteiger partial charge >= 0.3 is 0 Å². The van der Waals surface area contributed by atoms with Crippen molar-refractivity contribution in [2.24, 2.45) is 0 Å². The van der Waals surface area contributed by atoms with E-state index in [0.717, 1.165) is 45.6 Å². The number of likely N-dealkylation sites (N-methyl/N-ethyl adjacent to an activating group) is 1. The van der Waals surface area contributed by atoms with Crippen LogP contribution < -0.4 is 5.32 Å². The van der Waals surface area contributed by atoms with Gasteiger partial charge in [-0.2, -0.15) is 0 Å². The minimum absolute atomic E-state index is 0.0782. The Balaban J connectivity index is 1.89. The molecule has 1 amide bonds. The lowest BCUT2D eigenvalue weighted by Gasteiger charge is -2.34. The molecule has 19 heavy (non-hydrogen) atoms. The number of hydrogen-bond donors (Lipinski definition) is 1. The van der Waals surface area contributed by atoms with E-state index in [2.05, 4.69) is 17.1 Å². The van der Waals surface area contributed by atoms with E-state index in [4.69, 9.17) is 4.74 Å². The van der Waals surface area contributed by atoms with Crippen LogP contribution in [-0.4, -0.2) is 74.2 Å². The molecular formula is C14H27N3O2. The Labute approximate surface area is 116 Å². The Morgan fingerprint density at radius 1 is 1.53 bits per heavy atom. The number of ether oxygens (including phenoxy) is 1. The number of carbonyl (C=O) groups excluding carboxylic acids is 1. The van der Waals surface area contributed by atoms with Crippen LogP contribution in [0.2, 0.25) is 0 Å². The van der Waals surface area contributed by atoms with Gasteiger partial charge in [-0.05, 0) is 32.7 Å². The average molecular weight is 269 g/mol. The highest BCUT2D eigenvalue weighted by Crippen LogP contribution is 2.23. The summed E-state index contributed by atoms with van der Waals surface area (Å²) in [6.45, 7) is 5.83. The number of nitrogens with one attached hydrogen (secondary N) is 1. The average Bonchev–Trinajstić information content (AvgIpc) is 2.88. The summed E-state index contributed by atoms with van der Waals surface area (Å²) < 4.78 is 5.50. The molecule has 2 aliphatic heterocycles. The lowest BCUT2D eigenvalue weighted by atomic mass is 10.1. The Kier molecular flexibility index (Phi) is 5.19. The van der Waals surface area contributed by atoms with Crippen molar-refractivity contribution >= 4 is 5.91 Å². The molecule has 3 unspecified atom stereocenters. The first kappa shape index (κ1) is 14.8. The van der Waals surface area contributed by atoms with Crippen LogP contribution in [0, 0.1) is 0 Å². The zero-order valence-corrected chi connectivity index (χ0v) is 12.4. The molecule has 0 bridgehead atoms. The third-order valence-electron chi connectivity index (χ3n) is 4.21. The molecule has 2 rings (SSSR count). The van der Waals surface area contributed by atoms with E-state index in [-0.39, 0.29) is 11.9 Å². The van der Waals surface area contributed by atoms with Gasteiger partial charge in [-0.3, -0.25) is 9.69 Å². The van der Waals surface area contributed by atoms with Gasteiger partial charge < -0.3 is 15.0 Å². The van der Waals surface area contributed by atoms with Gasteiger partial charge in [0, 0.05) is 32.7 Å². The van der Waals surface area contributed by atoms with Crippen LogP contribution in [0.3, 0.4) is 0 Å². The highest BCUT2D eigenvalue weighted by molar-refractivity contribution is 5.81. The minimum atomic E-state index is 0.0782. The maximum Gasteiger partial charge on any atom is 0.239 e. The predicted molar refractivity (Wildman–Crippen MR) is 75.1 cm³/mol. The monoisotopic (exact) mass is 269 g/mol. The molecule has 1 N–H and O–H groups in total. The first-order valence-electron chi connectivity index (χ1n) is 7.37. The quantitative estimate of drug-likeness (QED) is 0.797. The van der Waals surface area contributed by atoms with Gasteiger partial charge in [0.05, 0.1) is 19.3 Å².